The van der Waals surface area contributed by atoms with Gasteiger partial charge in [-0.2, -0.15) is 5.26 Å². The zero-order valence-corrected chi connectivity index (χ0v) is 11.3. The Bertz CT molecular complexity index is 539. The lowest BCUT2D eigenvalue weighted by atomic mass is 9.92. The first-order chi connectivity index (χ1) is 9.63. The van der Waals surface area contributed by atoms with Gasteiger partial charge in [-0.3, -0.25) is 10.1 Å². The highest BCUT2D eigenvalue weighted by atomic mass is 16.6. The van der Waals surface area contributed by atoms with Gasteiger partial charge in [0.15, 0.2) is 0 Å². The predicted molar refractivity (Wildman–Crippen MR) is 74.5 cm³/mol. The standard InChI is InChI=1S/C14H17N3O3/c1-20-13-4-2-3-11(8-13)16-14-6-5-12(17(18)19)7-10(14)9-15/h5-7,11,13,16H,2-4,8H2,1H3. The second kappa shape index (κ2) is 6.35. The van der Waals surface area contributed by atoms with E-state index < -0.39 is 4.92 Å². The molecule has 1 aromatic rings. The van der Waals surface area contributed by atoms with Gasteiger partial charge >= 0.3 is 0 Å². The van der Waals surface area contributed by atoms with Crippen LogP contribution < -0.4 is 5.32 Å². The number of methoxy groups -OCH3 is 1. The molecule has 0 amide bonds. The van der Waals surface area contributed by atoms with Gasteiger partial charge in [-0.05, 0) is 31.7 Å². The summed E-state index contributed by atoms with van der Waals surface area (Å²) in [5, 5.41) is 23.1. The van der Waals surface area contributed by atoms with Crippen molar-refractivity contribution in [2.75, 3.05) is 12.4 Å². The second-order valence-corrected chi connectivity index (χ2v) is 4.96. The number of rotatable bonds is 4. The largest absolute Gasteiger partial charge is 0.381 e. The van der Waals surface area contributed by atoms with E-state index in [2.05, 4.69) is 5.32 Å². The summed E-state index contributed by atoms with van der Waals surface area (Å²) < 4.78 is 5.37. The third-order valence-electron chi connectivity index (χ3n) is 3.65. The van der Waals surface area contributed by atoms with Crippen LogP contribution in [-0.4, -0.2) is 24.2 Å². The fraction of sp³-hybridized carbons (Fsp3) is 0.500. The highest BCUT2D eigenvalue weighted by molar-refractivity contribution is 5.61. The van der Waals surface area contributed by atoms with Crippen LogP contribution in [0.2, 0.25) is 0 Å². The molecule has 1 aromatic carbocycles. The Hall–Kier alpha value is -2.13. The molecule has 1 saturated carbocycles. The van der Waals surface area contributed by atoms with Gasteiger partial charge in [0.1, 0.15) is 6.07 Å². The number of nitriles is 1. The van der Waals surface area contributed by atoms with Crippen LogP contribution in [-0.2, 0) is 4.74 Å². The van der Waals surface area contributed by atoms with Gasteiger partial charge in [-0.1, -0.05) is 0 Å². The fourth-order valence-electron chi connectivity index (χ4n) is 2.57. The fourth-order valence-corrected chi connectivity index (χ4v) is 2.57. The summed E-state index contributed by atoms with van der Waals surface area (Å²) in [4.78, 5) is 10.2. The number of non-ortho nitro benzene ring substituents is 1. The van der Waals surface area contributed by atoms with E-state index >= 15 is 0 Å². The van der Waals surface area contributed by atoms with Crippen molar-refractivity contribution in [1.82, 2.24) is 0 Å². The summed E-state index contributed by atoms with van der Waals surface area (Å²) in [6, 6.07) is 6.57. The highest BCUT2D eigenvalue weighted by Crippen LogP contribution is 2.27. The predicted octanol–water partition coefficient (Wildman–Crippen LogP) is 2.84. The zero-order chi connectivity index (χ0) is 14.5. The smallest absolute Gasteiger partial charge is 0.270 e. The van der Waals surface area contributed by atoms with E-state index in [0.29, 0.717) is 11.3 Å². The molecule has 0 bridgehead atoms. The third-order valence-corrected chi connectivity index (χ3v) is 3.65. The van der Waals surface area contributed by atoms with Gasteiger partial charge in [-0.15, -0.1) is 0 Å². The Morgan fingerprint density at radius 2 is 2.30 bits per heavy atom. The molecule has 2 rings (SSSR count). The number of hydrogen-bond donors (Lipinski definition) is 1. The number of benzene rings is 1. The van der Waals surface area contributed by atoms with Crippen molar-refractivity contribution in [3.8, 4) is 6.07 Å². The molecule has 106 valence electrons. The minimum absolute atomic E-state index is 0.0643. The number of nitro benzene ring substituents is 1. The summed E-state index contributed by atoms with van der Waals surface area (Å²) in [5.74, 6) is 0. The number of nitrogens with zero attached hydrogens (tertiary/aromatic N) is 2. The first-order valence-electron chi connectivity index (χ1n) is 6.62. The molecule has 6 nitrogen and oxygen atoms in total. The van der Waals surface area contributed by atoms with Crippen LogP contribution in [0.25, 0.3) is 0 Å². The molecule has 1 aliphatic carbocycles. The Morgan fingerprint density at radius 1 is 1.50 bits per heavy atom. The molecular formula is C14H17N3O3. The molecular weight excluding hydrogens is 258 g/mol. The van der Waals surface area contributed by atoms with E-state index in [1.807, 2.05) is 6.07 Å². The van der Waals surface area contributed by atoms with Crippen molar-refractivity contribution in [2.45, 2.75) is 37.8 Å². The molecule has 2 atom stereocenters. The van der Waals surface area contributed by atoms with Gasteiger partial charge < -0.3 is 10.1 Å². The van der Waals surface area contributed by atoms with Crippen LogP contribution in [0.1, 0.15) is 31.2 Å². The number of anilines is 1. The highest BCUT2D eigenvalue weighted by Gasteiger charge is 2.22. The van der Waals surface area contributed by atoms with Crippen molar-refractivity contribution in [1.29, 1.82) is 5.26 Å². The molecule has 0 heterocycles. The lowest BCUT2D eigenvalue weighted by Gasteiger charge is -2.29. The SMILES string of the molecule is COC1CCCC(Nc2ccc([N+](=O)[O-])cc2C#N)C1. The van der Waals surface area contributed by atoms with E-state index in [-0.39, 0.29) is 17.8 Å². The first kappa shape index (κ1) is 14.3. The molecule has 0 radical (unpaired) electrons. The lowest BCUT2D eigenvalue weighted by Crippen LogP contribution is -2.31. The molecule has 1 aliphatic rings. The van der Waals surface area contributed by atoms with Gasteiger partial charge in [-0.25, -0.2) is 0 Å². The van der Waals surface area contributed by atoms with Gasteiger partial charge in [0, 0.05) is 25.3 Å². The minimum atomic E-state index is -0.494. The van der Waals surface area contributed by atoms with Gasteiger partial charge in [0.25, 0.3) is 5.69 Å². The molecule has 6 heteroatoms. The number of nitrogens with one attached hydrogen (secondary N) is 1. The molecule has 0 aliphatic heterocycles. The molecule has 1 fully saturated rings. The van der Waals surface area contributed by atoms with Crippen molar-refractivity contribution < 1.29 is 9.66 Å². The van der Waals surface area contributed by atoms with Crippen molar-refractivity contribution in [3.05, 3.63) is 33.9 Å². The Morgan fingerprint density at radius 3 is 2.95 bits per heavy atom. The van der Waals surface area contributed by atoms with E-state index in [1.54, 1.807) is 13.2 Å². The summed E-state index contributed by atoms with van der Waals surface area (Å²) in [6.07, 6.45) is 4.27. The van der Waals surface area contributed by atoms with Crippen LogP contribution in [0, 0.1) is 21.4 Å². The lowest BCUT2D eigenvalue weighted by molar-refractivity contribution is -0.384. The summed E-state index contributed by atoms with van der Waals surface area (Å²) in [7, 11) is 1.71. The molecule has 0 spiro atoms. The number of ether oxygens (including phenoxy) is 1. The molecule has 2 unspecified atom stereocenters. The third kappa shape index (κ3) is 3.25. The molecule has 20 heavy (non-hydrogen) atoms. The Kier molecular flexibility index (Phi) is 4.53. The van der Waals surface area contributed by atoms with E-state index in [4.69, 9.17) is 10.00 Å². The average molecular weight is 275 g/mol. The maximum Gasteiger partial charge on any atom is 0.270 e. The van der Waals surface area contributed by atoms with E-state index in [9.17, 15) is 10.1 Å². The molecule has 0 aromatic heterocycles. The Labute approximate surface area is 117 Å². The molecule has 0 saturated heterocycles. The second-order valence-electron chi connectivity index (χ2n) is 4.96. The first-order valence-corrected chi connectivity index (χ1v) is 6.62. The van der Waals surface area contributed by atoms with Gasteiger partial charge in [0.2, 0.25) is 0 Å². The van der Waals surface area contributed by atoms with Crippen LogP contribution in [0.5, 0.6) is 0 Å². The quantitative estimate of drug-likeness (QED) is 0.674. The van der Waals surface area contributed by atoms with Crippen molar-refractivity contribution >= 4 is 11.4 Å². The average Bonchev–Trinajstić information content (AvgIpc) is 2.47. The van der Waals surface area contributed by atoms with Crippen LogP contribution in [0.3, 0.4) is 0 Å². The van der Waals surface area contributed by atoms with E-state index in [0.717, 1.165) is 25.7 Å². The van der Waals surface area contributed by atoms with Gasteiger partial charge in [0.05, 0.1) is 22.3 Å². The van der Waals surface area contributed by atoms with E-state index in [1.165, 1.54) is 12.1 Å². The number of hydrogen-bond acceptors (Lipinski definition) is 5. The van der Waals surface area contributed by atoms with Crippen molar-refractivity contribution in [3.63, 3.8) is 0 Å². The monoisotopic (exact) mass is 275 g/mol. The topological polar surface area (TPSA) is 88.2 Å². The van der Waals surface area contributed by atoms with Crippen LogP contribution in [0.4, 0.5) is 11.4 Å². The minimum Gasteiger partial charge on any atom is -0.381 e. The van der Waals surface area contributed by atoms with Crippen LogP contribution in [0.15, 0.2) is 18.2 Å². The maximum absolute atomic E-state index is 10.7. The maximum atomic E-state index is 10.7. The van der Waals surface area contributed by atoms with Crippen molar-refractivity contribution in [2.24, 2.45) is 0 Å². The zero-order valence-electron chi connectivity index (χ0n) is 11.3. The Balaban J connectivity index is 2.13. The molecule has 1 N–H and O–H groups in total. The van der Waals surface area contributed by atoms with Crippen LogP contribution >= 0.6 is 0 Å². The summed E-state index contributed by atoms with van der Waals surface area (Å²) in [5.41, 5.74) is 0.893. The summed E-state index contributed by atoms with van der Waals surface area (Å²) >= 11 is 0. The normalized spacial score (nSPS) is 22.0. The number of nitro groups is 1. The summed E-state index contributed by atoms with van der Waals surface area (Å²) in [6.45, 7) is 0.